The van der Waals surface area contributed by atoms with E-state index in [0.717, 1.165) is 35.5 Å². The predicted octanol–water partition coefficient (Wildman–Crippen LogP) is 5.94. The van der Waals surface area contributed by atoms with Gasteiger partial charge in [0.25, 0.3) is 0 Å². The minimum atomic E-state index is -1.45. The third-order valence-corrected chi connectivity index (χ3v) is 7.75. The topological polar surface area (TPSA) is 49.8 Å². The second-order valence-corrected chi connectivity index (χ2v) is 9.69. The average Bonchev–Trinajstić information content (AvgIpc) is 3.33. The molecule has 0 radical (unpaired) electrons. The lowest BCUT2D eigenvalue weighted by molar-refractivity contribution is 0.118. The Balaban J connectivity index is 1.39. The van der Waals surface area contributed by atoms with Crippen molar-refractivity contribution < 1.29 is 27.8 Å². The third-order valence-electron chi connectivity index (χ3n) is 6.52. The predicted molar refractivity (Wildman–Crippen MR) is 113 cm³/mol. The molecular weight excluding hydrogens is 427 g/mol. The molecule has 3 unspecified atom stereocenters. The molecule has 2 fully saturated rings. The second-order valence-electron chi connectivity index (χ2n) is 8.61. The van der Waals surface area contributed by atoms with Gasteiger partial charge in [-0.25, -0.2) is 18.0 Å². The highest BCUT2D eigenvalue weighted by Gasteiger charge is 2.40. The van der Waals surface area contributed by atoms with Gasteiger partial charge in [-0.15, -0.1) is 11.8 Å². The molecule has 1 aromatic rings. The van der Waals surface area contributed by atoms with Gasteiger partial charge in [0, 0.05) is 13.1 Å². The Bertz CT molecular complexity index is 881. The fraction of sp³-hybridized carbons (Fsp3) is 0.522. The number of hydrogen-bond donors (Lipinski definition) is 1. The van der Waals surface area contributed by atoms with E-state index >= 15 is 0 Å². The molecule has 1 aliphatic heterocycles. The molecule has 168 valence electrons. The summed E-state index contributed by atoms with van der Waals surface area (Å²) >= 11 is 1.49. The van der Waals surface area contributed by atoms with Gasteiger partial charge in [0.15, 0.2) is 23.2 Å². The number of benzene rings is 1. The van der Waals surface area contributed by atoms with Crippen molar-refractivity contribution in [2.75, 3.05) is 18.8 Å². The van der Waals surface area contributed by atoms with Crippen LogP contribution < -0.4 is 0 Å². The number of allylic oxidation sites excluding steroid dienone is 1. The summed E-state index contributed by atoms with van der Waals surface area (Å²) in [5.41, 5.74) is 0.398. The van der Waals surface area contributed by atoms with E-state index in [1.165, 1.54) is 37.4 Å². The molecule has 1 heterocycles. The summed E-state index contributed by atoms with van der Waals surface area (Å²) in [5.74, 6) is -0.666. The van der Waals surface area contributed by atoms with Crippen LogP contribution in [0.3, 0.4) is 0 Å². The van der Waals surface area contributed by atoms with Crippen molar-refractivity contribution in [3.8, 4) is 0 Å². The average molecular weight is 454 g/mol. The van der Waals surface area contributed by atoms with Crippen LogP contribution in [-0.4, -0.2) is 35.0 Å². The fourth-order valence-electron chi connectivity index (χ4n) is 5.17. The van der Waals surface area contributed by atoms with Gasteiger partial charge in [0.2, 0.25) is 0 Å². The van der Waals surface area contributed by atoms with Gasteiger partial charge in [-0.3, -0.25) is 0 Å². The summed E-state index contributed by atoms with van der Waals surface area (Å²) < 4.78 is 45.0. The first-order valence-electron chi connectivity index (χ1n) is 10.7. The minimum absolute atomic E-state index is 0.325. The van der Waals surface area contributed by atoms with E-state index in [4.69, 9.17) is 9.84 Å². The van der Waals surface area contributed by atoms with Crippen LogP contribution in [0.4, 0.5) is 18.0 Å². The highest BCUT2D eigenvalue weighted by Crippen LogP contribution is 2.49. The normalized spacial score (nSPS) is 24.9. The highest BCUT2D eigenvalue weighted by molar-refractivity contribution is 8.03. The van der Waals surface area contributed by atoms with E-state index in [-0.39, 0.29) is 0 Å². The van der Waals surface area contributed by atoms with Crippen LogP contribution in [0.1, 0.15) is 37.7 Å². The van der Waals surface area contributed by atoms with Crippen molar-refractivity contribution in [3.63, 3.8) is 0 Å². The molecule has 0 amide bonds. The lowest BCUT2D eigenvalue weighted by Gasteiger charge is -2.34. The quantitative estimate of drug-likeness (QED) is 0.300. The lowest BCUT2D eigenvalue weighted by atomic mass is 9.88. The number of hydrogen-bond acceptors (Lipinski definition) is 4. The van der Waals surface area contributed by atoms with Crippen LogP contribution in [0.25, 0.3) is 0 Å². The Morgan fingerprint density at radius 1 is 1.19 bits per heavy atom. The van der Waals surface area contributed by atoms with E-state index in [2.05, 4.69) is 4.90 Å². The Morgan fingerprint density at radius 2 is 1.97 bits per heavy atom. The van der Waals surface area contributed by atoms with E-state index in [1.807, 2.05) is 6.08 Å². The van der Waals surface area contributed by atoms with Gasteiger partial charge < -0.3 is 14.7 Å². The molecule has 0 spiro atoms. The first-order chi connectivity index (χ1) is 14.9. The Kier molecular flexibility index (Phi) is 6.84. The van der Waals surface area contributed by atoms with Crippen molar-refractivity contribution >= 4 is 17.9 Å². The summed E-state index contributed by atoms with van der Waals surface area (Å²) in [6, 6.07) is 2.04. The van der Waals surface area contributed by atoms with Gasteiger partial charge in [0.1, 0.15) is 5.03 Å². The monoisotopic (exact) mass is 453 g/mol. The summed E-state index contributed by atoms with van der Waals surface area (Å²) in [6.07, 6.45) is 8.42. The first kappa shape index (κ1) is 22.1. The minimum Gasteiger partial charge on any atom is -0.449 e. The second kappa shape index (κ2) is 9.59. The molecule has 2 aliphatic carbocycles. The third kappa shape index (κ3) is 5.22. The molecule has 31 heavy (non-hydrogen) atoms. The zero-order valence-electron chi connectivity index (χ0n) is 17.2. The summed E-state index contributed by atoms with van der Waals surface area (Å²) in [7, 11) is 0. The smallest absolute Gasteiger partial charge is 0.449 e. The van der Waals surface area contributed by atoms with Gasteiger partial charge in [-0.2, -0.15) is 0 Å². The number of rotatable bonds is 8. The van der Waals surface area contributed by atoms with Crippen molar-refractivity contribution in [1.82, 2.24) is 4.90 Å². The number of thioether (sulfide) groups is 1. The molecule has 1 N–H and O–H groups in total. The summed E-state index contributed by atoms with van der Waals surface area (Å²) in [4.78, 5) is 13.4. The molecule has 3 aliphatic rings. The van der Waals surface area contributed by atoms with Crippen LogP contribution in [0.15, 0.2) is 35.1 Å². The number of fused-ring (bicyclic) bond motifs is 2. The molecule has 4 nitrogen and oxygen atoms in total. The number of halogens is 3. The maximum Gasteiger partial charge on any atom is 0.511 e. The molecule has 2 bridgehead atoms. The zero-order valence-corrected chi connectivity index (χ0v) is 18.0. The standard InChI is InChI=1S/C23H26F3NO3S/c24-18-11-14(12-19(25)21(18)26)3-2-8-31-22-20(30-23(28)29)4-1-7-27(22)13-17-10-15-5-6-16(17)9-15/h1,4,11-12,15-17H,2-3,5-10,13H2,(H,28,29). The largest absolute Gasteiger partial charge is 0.511 e. The summed E-state index contributed by atoms with van der Waals surface area (Å²) in [6.45, 7) is 1.59. The van der Waals surface area contributed by atoms with E-state index < -0.39 is 23.6 Å². The van der Waals surface area contributed by atoms with Crippen molar-refractivity contribution in [2.24, 2.45) is 17.8 Å². The highest BCUT2D eigenvalue weighted by atomic mass is 32.2. The molecule has 8 heteroatoms. The number of ether oxygens (including phenoxy) is 1. The van der Waals surface area contributed by atoms with Gasteiger partial charge in [0.05, 0.1) is 0 Å². The van der Waals surface area contributed by atoms with Gasteiger partial charge in [-0.05, 0) is 79.4 Å². The molecule has 1 aromatic carbocycles. The number of aryl methyl sites for hydroxylation is 1. The SMILES string of the molecule is O=C(O)OC1=C(SCCCc2cc(F)c(F)c(F)c2)N(CC2CC3CCC2C3)CC=C1. The van der Waals surface area contributed by atoms with Crippen molar-refractivity contribution in [2.45, 2.75) is 38.5 Å². The van der Waals surface area contributed by atoms with Crippen LogP contribution in [0, 0.1) is 35.2 Å². The van der Waals surface area contributed by atoms with Gasteiger partial charge >= 0.3 is 6.16 Å². The van der Waals surface area contributed by atoms with E-state index in [0.29, 0.717) is 42.4 Å². The fourth-order valence-corrected chi connectivity index (χ4v) is 6.23. The molecule has 2 saturated carbocycles. The van der Waals surface area contributed by atoms with E-state index in [1.54, 1.807) is 6.08 Å². The lowest BCUT2D eigenvalue weighted by Crippen LogP contribution is -2.33. The molecule has 0 saturated heterocycles. The van der Waals surface area contributed by atoms with E-state index in [9.17, 15) is 18.0 Å². The number of carboxylic acid groups (broad SMARTS) is 1. The maximum absolute atomic E-state index is 13.4. The zero-order chi connectivity index (χ0) is 22.0. The van der Waals surface area contributed by atoms with Crippen LogP contribution in [-0.2, 0) is 11.2 Å². The Labute approximate surface area is 184 Å². The maximum atomic E-state index is 13.4. The molecule has 0 aromatic heterocycles. The Morgan fingerprint density at radius 3 is 2.61 bits per heavy atom. The molecule has 4 rings (SSSR count). The van der Waals surface area contributed by atoms with Crippen LogP contribution in [0.2, 0.25) is 0 Å². The van der Waals surface area contributed by atoms with Crippen LogP contribution in [0.5, 0.6) is 0 Å². The first-order valence-corrected chi connectivity index (χ1v) is 11.7. The molecule has 3 atom stereocenters. The number of carbonyl (C=O) groups is 1. The van der Waals surface area contributed by atoms with Gasteiger partial charge in [-0.1, -0.05) is 12.5 Å². The van der Waals surface area contributed by atoms with Crippen molar-refractivity contribution in [1.29, 1.82) is 0 Å². The Hall–Kier alpha value is -2.09. The molecular formula is C23H26F3NO3S. The summed E-state index contributed by atoms with van der Waals surface area (Å²) in [5, 5.41) is 9.91. The number of nitrogens with zero attached hydrogens (tertiary/aromatic N) is 1. The van der Waals surface area contributed by atoms with Crippen LogP contribution >= 0.6 is 11.8 Å². The van der Waals surface area contributed by atoms with Crippen molar-refractivity contribution in [3.05, 3.63) is 58.1 Å².